The Labute approximate surface area is 242 Å². The average molecular weight is 569 g/mol. The third-order valence-corrected chi connectivity index (χ3v) is 7.13. The number of carbonyl (C=O) groups excluding carboxylic acids is 2. The Morgan fingerprint density at radius 3 is 2.34 bits per heavy atom. The van der Waals surface area contributed by atoms with Crippen LogP contribution in [0.15, 0.2) is 29.1 Å². The fraction of sp³-hybridized carbons (Fsp3) is 0.516. The molecule has 0 bridgehead atoms. The lowest BCUT2D eigenvalue weighted by Gasteiger charge is -2.21. The molecule has 2 atom stereocenters. The lowest BCUT2D eigenvalue weighted by molar-refractivity contribution is -0.122. The summed E-state index contributed by atoms with van der Waals surface area (Å²) in [6.07, 6.45) is 1.72. The van der Waals surface area contributed by atoms with Crippen molar-refractivity contribution in [3.8, 4) is 28.4 Å². The lowest BCUT2D eigenvalue weighted by Crippen LogP contribution is -2.43. The van der Waals surface area contributed by atoms with Gasteiger partial charge in [-0.1, -0.05) is 19.9 Å². The summed E-state index contributed by atoms with van der Waals surface area (Å²) in [5.41, 5.74) is 3.14. The number of anilines is 1. The molecule has 0 heterocycles. The lowest BCUT2D eigenvalue weighted by atomic mass is 9.95. The number of amides is 2. The predicted molar refractivity (Wildman–Crippen MR) is 161 cm³/mol. The molecule has 224 valence electrons. The molecule has 10 heteroatoms. The summed E-state index contributed by atoms with van der Waals surface area (Å²) in [5, 5.41) is 9.21. The molecule has 0 radical (unpaired) electrons. The van der Waals surface area contributed by atoms with Crippen molar-refractivity contribution in [1.29, 1.82) is 0 Å². The van der Waals surface area contributed by atoms with Gasteiger partial charge in [0.15, 0.2) is 11.5 Å². The number of likely N-dealkylation sites (N-methyl/N-ethyl adjacent to an activating group) is 1. The van der Waals surface area contributed by atoms with Gasteiger partial charge >= 0.3 is 0 Å². The van der Waals surface area contributed by atoms with Crippen molar-refractivity contribution in [2.45, 2.75) is 52.1 Å². The van der Waals surface area contributed by atoms with E-state index in [0.29, 0.717) is 60.9 Å². The number of nitrogens with zero attached hydrogens (tertiary/aromatic N) is 1. The van der Waals surface area contributed by atoms with Crippen LogP contribution in [0.2, 0.25) is 0 Å². The highest BCUT2D eigenvalue weighted by atomic mass is 16.5. The maximum absolute atomic E-state index is 13.7. The van der Waals surface area contributed by atoms with Crippen LogP contribution in [0, 0.1) is 5.92 Å². The molecule has 0 fully saturated rings. The smallest absolute Gasteiger partial charge is 0.242 e. The van der Waals surface area contributed by atoms with Crippen LogP contribution in [0.25, 0.3) is 11.1 Å². The zero-order chi connectivity index (χ0) is 30.3. The van der Waals surface area contributed by atoms with Crippen LogP contribution in [0.5, 0.6) is 17.2 Å². The maximum Gasteiger partial charge on any atom is 0.242 e. The zero-order valence-electron chi connectivity index (χ0n) is 25.5. The quantitative estimate of drug-likeness (QED) is 0.357. The van der Waals surface area contributed by atoms with Gasteiger partial charge in [0.1, 0.15) is 6.04 Å². The first-order valence-electron chi connectivity index (χ1n) is 14.0. The molecule has 1 aliphatic rings. The number of carbonyl (C=O) groups is 2. The third-order valence-electron chi connectivity index (χ3n) is 7.13. The van der Waals surface area contributed by atoms with E-state index in [-0.39, 0.29) is 23.2 Å². The molecule has 41 heavy (non-hydrogen) atoms. The summed E-state index contributed by atoms with van der Waals surface area (Å²) < 4.78 is 17.1. The Bertz CT molecular complexity index is 1310. The number of hydrogen-bond acceptors (Lipinski definition) is 8. The summed E-state index contributed by atoms with van der Waals surface area (Å²) in [7, 11) is 8.57. The highest BCUT2D eigenvalue weighted by Crippen LogP contribution is 2.50. The summed E-state index contributed by atoms with van der Waals surface area (Å²) in [4.78, 5) is 41.0. The highest BCUT2D eigenvalue weighted by molar-refractivity contribution is 5.86. The van der Waals surface area contributed by atoms with E-state index in [2.05, 4.69) is 16.0 Å². The van der Waals surface area contributed by atoms with Gasteiger partial charge in [-0.25, -0.2) is 0 Å². The molecular formula is C31H44N4O6. The van der Waals surface area contributed by atoms with E-state index in [1.54, 1.807) is 33.5 Å². The van der Waals surface area contributed by atoms with Crippen LogP contribution in [-0.2, 0) is 16.0 Å². The van der Waals surface area contributed by atoms with E-state index in [1.165, 1.54) is 6.92 Å². The molecular weight excluding hydrogens is 524 g/mol. The molecule has 2 aromatic rings. The molecule has 3 rings (SSSR count). The van der Waals surface area contributed by atoms with Crippen LogP contribution in [0.1, 0.15) is 50.8 Å². The zero-order valence-corrected chi connectivity index (χ0v) is 25.5. The van der Waals surface area contributed by atoms with Crippen molar-refractivity contribution < 1.29 is 23.8 Å². The van der Waals surface area contributed by atoms with Crippen LogP contribution in [0.3, 0.4) is 0 Å². The normalized spacial score (nSPS) is 14.8. The summed E-state index contributed by atoms with van der Waals surface area (Å²) in [6.45, 7) is 6.75. The number of aryl methyl sites for hydroxylation is 1. The minimum absolute atomic E-state index is 0.159. The number of ether oxygens (including phenoxy) is 3. The van der Waals surface area contributed by atoms with Gasteiger partial charge in [0.05, 0.1) is 33.1 Å². The molecule has 0 saturated carbocycles. The number of fused-ring (bicyclic) bond motifs is 3. The van der Waals surface area contributed by atoms with Crippen molar-refractivity contribution in [2.24, 2.45) is 5.92 Å². The Kier molecular flexibility index (Phi) is 11.0. The topological polar surface area (TPSA) is 118 Å². The van der Waals surface area contributed by atoms with E-state index in [9.17, 15) is 14.4 Å². The molecule has 0 aliphatic heterocycles. The largest absolute Gasteiger partial charge is 0.493 e. The molecule has 0 aromatic heterocycles. The standard InChI is InChI=1S/C31H44N4O6/c1-18(2)15-25(31(38)32-13-14-35(4)5)34-24-12-10-21-22(17-26(24)37)23(33-19(3)36)11-9-20-16-27(39-6)29(40-7)30(41-8)28(20)21/h10,12,16-18,23,25H,9,11,13-15H2,1-8H3,(H,32,38)(H,33,36)(H,34,37). The molecule has 2 aromatic carbocycles. The van der Waals surface area contributed by atoms with Gasteiger partial charge in [0.2, 0.25) is 23.0 Å². The Hall–Kier alpha value is -3.79. The maximum atomic E-state index is 13.7. The average Bonchev–Trinajstić information content (AvgIpc) is 3.15. The van der Waals surface area contributed by atoms with Crippen molar-refractivity contribution in [2.75, 3.05) is 53.8 Å². The first-order valence-corrected chi connectivity index (χ1v) is 14.0. The van der Waals surface area contributed by atoms with Crippen LogP contribution >= 0.6 is 0 Å². The monoisotopic (exact) mass is 568 g/mol. The third kappa shape index (κ3) is 7.70. The summed E-state index contributed by atoms with van der Waals surface area (Å²) in [5.74, 6) is 1.32. The second-order valence-electron chi connectivity index (χ2n) is 11.0. The Morgan fingerprint density at radius 1 is 1.05 bits per heavy atom. The Morgan fingerprint density at radius 2 is 1.76 bits per heavy atom. The molecule has 1 aliphatic carbocycles. The van der Waals surface area contributed by atoms with Crippen molar-refractivity contribution >= 4 is 17.5 Å². The van der Waals surface area contributed by atoms with Crippen LogP contribution in [0.4, 0.5) is 5.69 Å². The highest BCUT2D eigenvalue weighted by Gasteiger charge is 2.30. The van der Waals surface area contributed by atoms with Crippen LogP contribution in [-0.4, -0.2) is 71.3 Å². The number of benzene rings is 1. The first kappa shape index (κ1) is 31.7. The van der Waals surface area contributed by atoms with Crippen molar-refractivity contribution in [1.82, 2.24) is 15.5 Å². The van der Waals surface area contributed by atoms with Gasteiger partial charge in [0.25, 0.3) is 0 Å². The minimum atomic E-state index is -0.593. The van der Waals surface area contributed by atoms with Crippen LogP contribution < -0.4 is 35.6 Å². The number of hydrogen-bond donors (Lipinski definition) is 3. The number of rotatable bonds is 12. The van der Waals surface area contributed by atoms with Gasteiger partial charge in [-0.3, -0.25) is 14.4 Å². The van der Waals surface area contributed by atoms with Gasteiger partial charge in [-0.2, -0.15) is 0 Å². The predicted octanol–water partition coefficient (Wildman–Crippen LogP) is 3.37. The molecule has 2 amide bonds. The van der Waals surface area contributed by atoms with Gasteiger partial charge in [-0.05, 0) is 74.2 Å². The van der Waals surface area contributed by atoms with E-state index in [0.717, 1.165) is 16.7 Å². The number of methoxy groups -OCH3 is 3. The summed E-state index contributed by atoms with van der Waals surface area (Å²) in [6, 6.07) is 6.02. The molecule has 0 spiro atoms. The molecule has 3 N–H and O–H groups in total. The first-order chi connectivity index (χ1) is 19.5. The summed E-state index contributed by atoms with van der Waals surface area (Å²) >= 11 is 0. The SMILES string of the molecule is COc1cc2c(c(OC)c1OC)-c1ccc(NC(CC(C)C)C(=O)NCCN(C)C)c(=O)cc1C(NC(C)=O)CC2. The van der Waals surface area contributed by atoms with Crippen molar-refractivity contribution in [3.63, 3.8) is 0 Å². The number of nitrogens with one attached hydrogen (secondary N) is 3. The fourth-order valence-corrected chi connectivity index (χ4v) is 5.24. The van der Waals surface area contributed by atoms with Gasteiger partial charge in [-0.15, -0.1) is 0 Å². The van der Waals surface area contributed by atoms with Gasteiger partial charge < -0.3 is 35.1 Å². The molecule has 0 saturated heterocycles. The van der Waals surface area contributed by atoms with E-state index >= 15 is 0 Å². The second-order valence-corrected chi connectivity index (χ2v) is 11.0. The fourth-order valence-electron chi connectivity index (χ4n) is 5.24. The minimum Gasteiger partial charge on any atom is -0.493 e. The van der Waals surface area contributed by atoms with E-state index in [1.807, 2.05) is 45.0 Å². The second kappa shape index (κ2) is 14.2. The van der Waals surface area contributed by atoms with E-state index < -0.39 is 12.1 Å². The van der Waals surface area contributed by atoms with Crippen molar-refractivity contribution in [3.05, 3.63) is 45.6 Å². The Balaban J connectivity index is 2.18. The van der Waals surface area contributed by atoms with E-state index in [4.69, 9.17) is 14.2 Å². The molecule has 10 nitrogen and oxygen atoms in total. The molecule has 2 unspecified atom stereocenters. The van der Waals surface area contributed by atoms with Gasteiger partial charge in [0, 0.05) is 25.6 Å².